The number of anilines is 1. The Labute approximate surface area is 158 Å². The number of benzene rings is 1. The molecule has 0 aliphatic carbocycles. The third-order valence-corrected chi connectivity index (χ3v) is 4.30. The number of ether oxygens (including phenoxy) is 1. The molecule has 1 aliphatic rings. The number of carbonyl (C=O) groups excluding carboxylic acids is 4. The molecule has 27 heavy (non-hydrogen) atoms. The van der Waals surface area contributed by atoms with Crippen LogP contribution in [0.1, 0.15) is 36.5 Å². The predicted octanol–water partition coefficient (Wildman–Crippen LogP) is 1.81. The maximum absolute atomic E-state index is 12.3. The summed E-state index contributed by atoms with van der Waals surface area (Å²) in [4.78, 5) is 48.1. The Bertz CT molecular complexity index is 736. The van der Waals surface area contributed by atoms with E-state index in [0.29, 0.717) is 5.69 Å². The number of esters is 1. The fraction of sp³-hybridized carbons (Fsp3) is 0.474. The summed E-state index contributed by atoms with van der Waals surface area (Å²) < 4.78 is 5.15. The van der Waals surface area contributed by atoms with Crippen molar-refractivity contribution in [3.8, 4) is 0 Å². The molecule has 0 saturated carbocycles. The lowest BCUT2D eigenvalue weighted by molar-refractivity contribution is -0.153. The molecule has 1 aromatic carbocycles. The second-order valence-corrected chi connectivity index (χ2v) is 6.70. The van der Waals surface area contributed by atoms with Gasteiger partial charge in [0.15, 0.2) is 6.10 Å². The summed E-state index contributed by atoms with van der Waals surface area (Å²) >= 11 is 0. The maximum Gasteiger partial charge on any atom is 0.324 e. The molecule has 8 heteroatoms. The molecular weight excluding hydrogens is 350 g/mol. The van der Waals surface area contributed by atoms with E-state index in [4.69, 9.17) is 4.74 Å². The van der Waals surface area contributed by atoms with Crippen LogP contribution in [0.3, 0.4) is 0 Å². The fourth-order valence-corrected chi connectivity index (χ4v) is 2.97. The van der Waals surface area contributed by atoms with Crippen LogP contribution in [-0.4, -0.2) is 47.9 Å². The smallest absolute Gasteiger partial charge is 0.324 e. The number of amides is 4. The van der Waals surface area contributed by atoms with Crippen molar-refractivity contribution >= 4 is 29.5 Å². The van der Waals surface area contributed by atoms with Gasteiger partial charge in [0, 0.05) is 18.7 Å². The lowest BCUT2D eigenvalue weighted by Gasteiger charge is -2.17. The van der Waals surface area contributed by atoms with Crippen molar-refractivity contribution in [3.63, 3.8) is 0 Å². The molecule has 146 valence electrons. The van der Waals surface area contributed by atoms with E-state index in [-0.39, 0.29) is 31.8 Å². The number of hydrogen-bond donors (Lipinski definition) is 2. The van der Waals surface area contributed by atoms with Crippen molar-refractivity contribution in [2.24, 2.45) is 0 Å². The van der Waals surface area contributed by atoms with Crippen LogP contribution in [0.2, 0.25) is 0 Å². The molecule has 2 rings (SSSR count). The monoisotopic (exact) mass is 375 g/mol. The van der Waals surface area contributed by atoms with E-state index in [1.165, 1.54) is 6.92 Å². The van der Waals surface area contributed by atoms with E-state index in [9.17, 15) is 19.2 Å². The summed E-state index contributed by atoms with van der Waals surface area (Å²) in [5.41, 5.74) is 3.69. The Morgan fingerprint density at radius 1 is 1.22 bits per heavy atom. The van der Waals surface area contributed by atoms with E-state index in [1.54, 1.807) is 0 Å². The van der Waals surface area contributed by atoms with Gasteiger partial charge in [0.1, 0.15) is 0 Å². The first-order chi connectivity index (χ1) is 12.7. The summed E-state index contributed by atoms with van der Waals surface area (Å²) in [5, 5.41) is 5.21. The summed E-state index contributed by atoms with van der Waals surface area (Å²) in [6, 6.07) is 3.48. The molecule has 0 spiro atoms. The predicted molar refractivity (Wildman–Crippen MR) is 99.2 cm³/mol. The minimum absolute atomic E-state index is 0.0112. The van der Waals surface area contributed by atoms with Crippen molar-refractivity contribution in [1.29, 1.82) is 0 Å². The number of nitrogens with one attached hydrogen (secondary N) is 2. The molecule has 1 saturated heterocycles. The van der Waals surface area contributed by atoms with Crippen LogP contribution in [-0.2, 0) is 19.1 Å². The van der Waals surface area contributed by atoms with Crippen molar-refractivity contribution in [1.82, 2.24) is 10.2 Å². The van der Waals surface area contributed by atoms with E-state index in [1.807, 2.05) is 32.9 Å². The summed E-state index contributed by atoms with van der Waals surface area (Å²) in [5.74, 6) is -1.28. The first kappa shape index (κ1) is 20.4. The van der Waals surface area contributed by atoms with Crippen molar-refractivity contribution < 1.29 is 23.9 Å². The Morgan fingerprint density at radius 2 is 1.85 bits per heavy atom. The first-order valence-corrected chi connectivity index (χ1v) is 8.85. The molecular formula is C19H25N3O5. The lowest BCUT2D eigenvalue weighted by atomic mass is 10.0. The van der Waals surface area contributed by atoms with E-state index in [2.05, 4.69) is 10.6 Å². The third kappa shape index (κ3) is 5.29. The van der Waals surface area contributed by atoms with Crippen LogP contribution in [0.25, 0.3) is 0 Å². The van der Waals surface area contributed by atoms with Crippen LogP contribution in [0.4, 0.5) is 10.5 Å². The average molecular weight is 375 g/mol. The fourth-order valence-electron chi connectivity index (χ4n) is 2.97. The molecule has 0 bridgehead atoms. The number of aryl methyl sites for hydroxylation is 3. The minimum Gasteiger partial charge on any atom is -0.453 e. The average Bonchev–Trinajstić information content (AvgIpc) is 2.89. The highest BCUT2D eigenvalue weighted by Crippen LogP contribution is 2.22. The lowest BCUT2D eigenvalue weighted by Crippen LogP contribution is -2.33. The Hall–Kier alpha value is -2.90. The van der Waals surface area contributed by atoms with E-state index in [0.717, 1.165) is 21.6 Å². The van der Waals surface area contributed by atoms with E-state index >= 15 is 0 Å². The van der Waals surface area contributed by atoms with Gasteiger partial charge in [-0.3, -0.25) is 19.3 Å². The number of rotatable bonds is 7. The van der Waals surface area contributed by atoms with Gasteiger partial charge >= 0.3 is 12.0 Å². The molecule has 1 aromatic rings. The van der Waals surface area contributed by atoms with Gasteiger partial charge < -0.3 is 15.4 Å². The second-order valence-electron chi connectivity index (χ2n) is 6.70. The van der Waals surface area contributed by atoms with Crippen LogP contribution >= 0.6 is 0 Å². The zero-order chi connectivity index (χ0) is 20.1. The van der Waals surface area contributed by atoms with Gasteiger partial charge in [-0.15, -0.1) is 0 Å². The molecule has 1 aliphatic heterocycles. The molecule has 4 amide bonds. The number of carbonyl (C=O) groups is 4. The zero-order valence-electron chi connectivity index (χ0n) is 16.0. The van der Waals surface area contributed by atoms with Crippen molar-refractivity contribution in [2.75, 3.05) is 18.4 Å². The van der Waals surface area contributed by atoms with Gasteiger partial charge in [0.2, 0.25) is 5.91 Å². The quantitative estimate of drug-likeness (QED) is 0.559. The normalized spacial score (nSPS) is 14.7. The van der Waals surface area contributed by atoms with E-state index < -0.39 is 24.0 Å². The van der Waals surface area contributed by atoms with Crippen molar-refractivity contribution in [2.45, 2.75) is 46.6 Å². The molecule has 1 atom stereocenters. The van der Waals surface area contributed by atoms with Gasteiger partial charge in [-0.1, -0.05) is 17.7 Å². The van der Waals surface area contributed by atoms with Gasteiger partial charge in [0.25, 0.3) is 5.91 Å². The second kappa shape index (κ2) is 8.66. The molecule has 0 aromatic heterocycles. The Kier molecular flexibility index (Phi) is 6.55. The number of hydrogen-bond acceptors (Lipinski definition) is 5. The number of urea groups is 1. The molecule has 8 nitrogen and oxygen atoms in total. The summed E-state index contributed by atoms with van der Waals surface area (Å²) in [6.07, 6.45) is -0.658. The van der Waals surface area contributed by atoms with Gasteiger partial charge in [0.05, 0.1) is 6.54 Å². The minimum atomic E-state index is -0.950. The summed E-state index contributed by atoms with van der Waals surface area (Å²) in [6.45, 7) is 7.42. The van der Waals surface area contributed by atoms with Crippen LogP contribution in [0.5, 0.6) is 0 Å². The van der Waals surface area contributed by atoms with Crippen molar-refractivity contribution in [3.05, 3.63) is 28.8 Å². The topological polar surface area (TPSA) is 105 Å². The van der Waals surface area contributed by atoms with Crippen LogP contribution in [0, 0.1) is 20.8 Å². The Morgan fingerprint density at radius 3 is 2.41 bits per heavy atom. The molecule has 0 radical (unpaired) electrons. The molecule has 1 heterocycles. The molecule has 1 fully saturated rings. The number of nitrogens with zero attached hydrogens (tertiary/aromatic N) is 1. The standard InChI is InChI=1S/C19H25N3O5/c1-11-8-12(2)17(13(3)9-11)21-18(25)14(4)27-16(24)6-5-7-22-15(23)10-20-19(22)26/h8-9,14H,5-7,10H2,1-4H3,(H,20,26)(H,21,25)/t14-/m1/s1. The zero-order valence-corrected chi connectivity index (χ0v) is 16.0. The third-order valence-electron chi connectivity index (χ3n) is 4.30. The van der Waals surface area contributed by atoms with Gasteiger partial charge in [-0.05, 0) is 45.2 Å². The van der Waals surface area contributed by atoms with Gasteiger partial charge in [-0.25, -0.2) is 4.79 Å². The highest BCUT2D eigenvalue weighted by atomic mass is 16.5. The SMILES string of the molecule is Cc1cc(C)c(NC(=O)[C@@H](C)OC(=O)CCCN2C(=O)CNC2=O)c(C)c1. The molecule has 0 unspecified atom stereocenters. The van der Waals surface area contributed by atoms with Crippen LogP contribution < -0.4 is 10.6 Å². The molecule has 2 N–H and O–H groups in total. The van der Waals surface area contributed by atoms with Gasteiger partial charge in [-0.2, -0.15) is 0 Å². The highest BCUT2D eigenvalue weighted by molar-refractivity contribution is 6.02. The van der Waals surface area contributed by atoms with Crippen LogP contribution in [0.15, 0.2) is 12.1 Å². The first-order valence-electron chi connectivity index (χ1n) is 8.85. The Balaban J connectivity index is 1.81. The largest absolute Gasteiger partial charge is 0.453 e. The highest BCUT2D eigenvalue weighted by Gasteiger charge is 2.28. The number of imide groups is 1. The maximum atomic E-state index is 12.3. The summed E-state index contributed by atoms with van der Waals surface area (Å²) in [7, 11) is 0.